The highest BCUT2D eigenvalue weighted by molar-refractivity contribution is 5.71. The molecule has 0 bridgehead atoms. The van der Waals surface area contributed by atoms with Crippen molar-refractivity contribution in [2.24, 2.45) is 0 Å². The quantitative estimate of drug-likeness (QED) is 0.172. The van der Waals surface area contributed by atoms with E-state index in [0.717, 1.165) is 12.3 Å². The normalized spacial score (nSPS) is 11.9. The first-order valence-corrected chi connectivity index (χ1v) is 12.6. The molecule has 0 aliphatic heterocycles. The predicted molar refractivity (Wildman–Crippen MR) is 146 cm³/mol. The van der Waals surface area contributed by atoms with E-state index in [0.29, 0.717) is 17.1 Å². The summed E-state index contributed by atoms with van der Waals surface area (Å²) in [5, 5.41) is 19.6. The molecular formula is C27H28F5N7O4. The molecule has 16 heteroatoms. The van der Waals surface area contributed by atoms with E-state index in [-0.39, 0.29) is 41.7 Å². The van der Waals surface area contributed by atoms with Gasteiger partial charge < -0.3 is 30.0 Å². The number of nitrogens with one attached hydrogen (secondary N) is 2. The van der Waals surface area contributed by atoms with Gasteiger partial charge in [-0.05, 0) is 26.0 Å². The summed E-state index contributed by atoms with van der Waals surface area (Å²) in [4.78, 5) is 11.7. The van der Waals surface area contributed by atoms with E-state index >= 15 is 0 Å². The highest BCUT2D eigenvalue weighted by Gasteiger charge is 2.33. The second-order valence-corrected chi connectivity index (χ2v) is 9.81. The summed E-state index contributed by atoms with van der Waals surface area (Å²) in [6.07, 6.45) is -4.25. The van der Waals surface area contributed by atoms with E-state index in [9.17, 15) is 27.1 Å². The van der Waals surface area contributed by atoms with Gasteiger partial charge in [0.2, 0.25) is 0 Å². The number of hydrogen-bond acceptors (Lipinski definition) is 10. The van der Waals surface area contributed by atoms with Crippen LogP contribution in [0.15, 0.2) is 48.9 Å². The van der Waals surface area contributed by atoms with Crippen LogP contribution >= 0.6 is 0 Å². The van der Waals surface area contributed by atoms with E-state index in [2.05, 4.69) is 35.4 Å². The Morgan fingerprint density at radius 2 is 1.70 bits per heavy atom. The maximum absolute atomic E-state index is 13.6. The van der Waals surface area contributed by atoms with Crippen molar-refractivity contribution in [3.63, 3.8) is 0 Å². The molecule has 4 rings (SSSR count). The topological polar surface area (TPSA) is 128 Å². The standard InChI is InChI=1S/C27H28F5N7O4/c1-26(2,40)14-39-13-16(11-35-39)18-12-34-21(8-20(18)43-27(30,31)32)36-23-9-22(37-25(38-23)24(28)29)33-10-15-5-6-17(41-3)7-19(15)42-4/h5-9,11-13,24,40H,10,14H2,1-4H3,(H2,33,34,36,37,38). The van der Waals surface area contributed by atoms with E-state index in [1.54, 1.807) is 32.0 Å². The lowest BCUT2D eigenvalue weighted by molar-refractivity contribution is -0.274. The summed E-state index contributed by atoms with van der Waals surface area (Å²) in [6, 6.07) is 7.33. The number of aromatic nitrogens is 5. The molecule has 11 nitrogen and oxygen atoms in total. The Morgan fingerprint density at radius 1 is 0.953 bits per heavy atom. The summed E-state index contributed by atoms with van der Waals surface area (Å²) < 4.78 is 83.3. The minimum Gasteiger partial charge on any atom is -0.497 e. The average Bonchev–Trinajstić information content (AvgIpc) is 3.37. The lowest BCUT2D eigenvalue weighted by atomic mass is 10.1. The number of nitrogens with zero attached hydrogens (tertiary/aromatic N) is 5. The first kappa shape index (κ1) is 31.2. The number of hydrogen-bond donors (Lipinski definition) is 3. The van der Waals surface area contributed by atoms with Gasteiger partial charge in [-0.3, -0.25) is 4.68 Å². The second-order valence-electron chi connectivity index (χ2n) is 9.81. The molecule has 1 aromatic carbocycles. The fraction of sp³-hybridized carbons (Fsp3) is 0.333. The molecular weight excluding hydrogens is 581 g/mol. The third-order valence-corrected chi connectivity index (χ3v) is 5.73. The number of halogens is 5. The van der Waals surface area contributed by atoms with Crippen molar-refractivity contribution >= 4 is 17.5 Å². The number of methoxy groups -OCH3 is 2. The Bertz CT molecular complexity index is 1560. The number of ether oxygens (including phenoxy) is 3. The fourth-order valence-electron chi connectivity index (χ4n) is 3.95. The fourth-order valence-corrected chi connectivity index (χ4v) is 3.95. The smallest absolute Gasteiger partial charge is 0.497 e. The SMILES string of the molecule is COc1ccc(CNc2cc(Nc3cc(OC(F)(F)F)c(-c4cnn(CC(C)(C)O)c4)cn3)nc(C(F)F)n2)c(OC)c1. The van der Waals surface area contributed by atoms with E-state index < -0.39 is 30.0 Å². The highest BCUT2D eigenvalue weighted by Crippen LogP contribution is 2.36. The molecule has 43 heavy (non-hydrogen) atoms. The van der Waals surface area contributed by atoms with Crippen LogP contribution in [0.5, 0.6) is 17.2 Å². The van der Waals surface area contributed by atoms with Gasteiger partial charge in [-0.1, -0.05) is 0 Å². The molecule has 0 aliphatic carbocycles. The van der Waals surface area contributed by atoms with Crippen molar-refractivity contribution in [3.05, 3.63) is 60.3 Å². The van der Waals surface area contributed by atoms with Crippen molar-refractivity contribution < 1.29 is 41.3 Å². The van der Waals surface area contributed by atoms with Gasteiger partial charge in [0.05, 0.1) is 32.6 Å². The van der Waals surface area contributed by atoms with Crippen LogP contribution < -0.4 is 24.8 Å². The van der Waals surface area contributed by atoms with Crippen LogP contribution in [0.25, 0.3) is 11.1 Å². The van der Waals surface area contributed by atoms with Gasteiger partial charge in [0, 0.05) is 53.8 Å². The number of rotatable bonds is 12. The number of anilines is 3. The molecule has 0 fully saturated rings. The van der Waals surface area contributed by atoms with Gasteiger partial charge in [0.25, 0.3) is 6.43 Å². The minimum absolute atomic E-state index is 0.00766. The number of alkyl halides is 5. The Labute approximate surface area is 242 Å². The molecule has 0 saturated heterocycles. The van der Waals surface area contributed by atoms with Crippen molar-refractivity contribution in [1.29, 1.82) is 0 Å². The Balaban J connectivity index is 1.61. The molecule has 0 unspecified atom stereocenters. The summed E-state index contributed by atoms with van der Waals surface area (Å²) in [7, 11) is 2.97. The van der Waals surface area contributed by atoms with E-state index in [4.69, 9.17) is 9.47 Å². The zero-order chi connectivity index (χ0) is 31.4. The van der Waals surface area contributed by atoms with E-state index in [1.807, 2.05) is 0 Å². The van der Waals surface area contributed by atoms with Gasteiger partial charge in [0.15, 0.2) is 5.82 Å². The lowest BCUT2D eigenvalue weighted by Gasteiger charge is -2.16. The van der Waals surface area contributed by atoms with Crippen LogP contribution in [0.4, 0.5) is 39.4 Å². The van der Waals surface area contributed by atoms with Gasteiger partial charge in [-0.15, -0.1) is 13.2 Å². The third kappa shape index (κ3) is 8.64. The maximum atomic E-state index is 13.6. The largest absolute Gasteiger partial charge is 0.573 e. The van der Waals surface area contributed by atoms with Crippen LogP contribution in [-0.2, 0) is 13.1 Å². The number of aliphatic hydroxyl groups is 1. The molecule has 0 saturated carbocycles. The molecule has 3 N–H and O–H groups in total. The van der Waals surface area contributed by atoms with Gasteiger partial charge >= 0.3 is 6.36 Å². The van der Waals surface area contributed by atoms with Crippen LogP contribution in [-0.4, -0.2) is 56.0 Å². The van der Waals surface area contributed by atoms with Crippen molar-refractivity contribution in [2.75, 3.05) is 24.9 Å². The molecule has 3 aromatic heterocycles. The molecule has 0 atom stereocenters. The Hall–Kier alpha value is -4.73. The molecule has 4 aromatic rings. The maximum Gasteiger partial charge on any atom is 0.573 e. The van der Waals surface area contributed by atoms with Crippen molar-refractivity contribution in [3.8, 4) is 28.4 Å². The first-order chi connectivity index (χ1) is 20.2. The van der Waals surface area contributed by atoms with Crippen LogP contribution in [0.2, 0.25) is 0 Å². The van der Waals surface area contributed by atoms with Crippen molar-refractivity contribution in [1.82, 2.24) is 24.7 Å². The van der Waals surface area contributed by atoms with Gasteiger partial charge in [0.1, 0.15) is 34.7 Å². The van der Waals surface area contributed by atoms with Crippen LogP contribution in [0, 0.1) is 0 Å². The molecule has 0 radical (unpaired) electrons. The molecule has 0 aliphatic rings. The molecule has 0 amide bonds. The lowest BCUT2D eigenvalue weighted by Crippen LogP contribution is -2.26. The number of benzene rings is 1. The first-order valence-electron chi connectivity index (χ1n) is 12.6. The van der Waals surface area contributed by atoms with Crippen molar-refractivity contribution in [2.45, 2.75) is 45.3 Å². The summed E-state index contributed by atoms with van der Waals surface area (Å²) in [5.41, 5.74) is -0.252. The molecule has 230 valence electrons. The monoisotopic (exact) mass is 609 g/mol. The Morgan fingerprint density at radius 3 is 2.35 bits per heavy atom. The summed E-state index contributed by atoms with van der Waals surface area (Å²) in [6.45, 7) is 3.32. The van der Waals surface area contributed by atoms with Crippen LogP contribution in [0.1, 0.15) is 31.7 Å². The molecule has 0 spiro atoms. The Kier molecular flexibility index (Phi) is 9.18. The van der Waals surface area contributed by atoms with Gasteiger partial charge in [-0.2, -0.15) is 5.10 Å². The highest BCUT2D eigenvalue weighted by atomic mass is 19.4. The summed E-state index contributed by atoms with van der Waals surface area (Å²) >= 11 is 0. The molecule has 3 heterocycles. The number of pyridine rings is 1. The minimum atomic E-state index is -5.05. The second kappa shape index (κ2) is 12.6. The zero-order valence-corrected chi connectivity index (χ0v) is 23.4. The van der Waals surface area contributed by atoms with Gasteiger partial charge in [-0.25, -0.2) is 23.7 Å². The average molecular weight is 610 g/mol. The predicted octanol–water partition coefficient (Wildman–Crippen LogP) is 5.72. The van der Waals surface area contributed by atoms with E-state index in [1.165, 1.54) is 37.4 Å². The third-order valence-electron chi connectivity index (χ3n) is 5.73. The zero-order valence-electron chi connectivity index (χ0n) is 23.4. The van der Waals surface area contributed by atoms with Crippen LogP contribution in [0.3, 0.4) is 0 Å². The summed E-state index contributed by atoms with van der Waals surface area (Å²) in [5.74, 6) is -0.727.